The van der Waals surface area contributed by atoms with Crippen LogP contribution < -0.4 is 10.6 Å². The Labute approximate surface area is 434 Å². The van der Waals surface area contributed by atoms with E-state index in [-0.39, 0.29) is 55.1 Å². The zero-order chi connectivity index (χ0) is 51.1. The third-order valence-electron chi connectivity index (χ3n) is 9.80. The number of ketones is 1. The molecular weight excluding hydrogens is 1030 g/mol. The summed E-state index contributed by atoms with van der Waals surface area (Å²) in [5.74, 6) is -2.78. The number of nitrogens with zero attached hydrogens (tertiary/aromatic N) is 3. The molecule has 3 saturated heterocycles. The fourth-order valence-corrected chi connectivity index (χ4v) is 11.0. The van der Waals surface area contributed by atoms with Gasteiger partial charge in [-0.15, -0.1) is 50.4 Å². The number of hydrogen-bond donors (Lipinski definition) is 2. The summed E-state index contributed by atoms with van der Waals surface area (Å²) in [4.78, 5) is 104. The highest BCUT2D eigenvalue weighted by atomic mass is 32.2. The SMILES string of the molecule is CC(=O)CCC(=O)ON1C(=O)CCC1=O.CCCCCNC(=O)c1sc(=S)sc1C(=O)N1CCOCCOCCOCC1.CCCCNC(=O)c1sc(=S)sc1C(=O)N1CCOCCOCCOCC1. The number of amides is 6. The van der Waals surface area contributed by atoms with Crippen LogP contribution in [-0.2, 0) is 52.4 Å². The van der Waals surface area contributed by atoms with Crippen LogP contribution in [0, 0.1) is 6.28 Å². The predicted octanol–water partition coefficient (Wildman–Crippen LogP) is 5.50. The Kier molecular flexibility index (Phi) is 30.9. The Morgan fingerprint density at radius 3 is 1.26 bits per heavy atom. The molecule has 6 amide bonds. The van der Waals surface area contributed by atoms with Crippen molar-refractivity contribution >= 4 is 117 Å². The first-order valence-corrected chi connectivity index (χ1v) is 27.3. The molecule has 3 aliphatic heterocycles. The maximum absolute atomic E-state index is 13.1. The number of hydroxylamine groups is 2. The van der Waals surface area contributed by atoms with E-state index in [2.05, 4.69) is 29.3 Å². The van der Waals surface area contributed by atoms with Crippen LogP contribution in [-0.4, -0.2) is 181 Å². The molecule has 3 fully saturated rings. The van der Waals surface area contributed by atoms with E-state index in [0.717, 1.165) is 32.1 Å². The molecule has 2 aromatic heterocycles. The van der Waals surface area contributed by atoms with Crippen molar-refractivity contribution < 1.29 is 71.6 Å². The quantitative estimate of drug-likeness (QED) is 0.127. The molecule has 392 valence electrons. The first kappa shape index (κ1) is 60.8. The molecule has 26 heteroatoms. The highest BCUT2D eigenvalue weighted by molar-refractivity contribution is 7.77. The summed E-state index contributed by atoms with van der Waals surface area (Å²) in [5, 5.41) is 6.24. The van der Waals surface area contributed by atoms with Gasteiger partial charge in [0.05, 0.1) is 85.7 Å². The first-order chi connectivity index (χ1) is 33.8. The Morgan fingerprint density at radius 2 is 0.886 bits per heavy atom. The number of ether oxygens (including phenoxy) is 6. The molecule has 0 saturated carbocycles. The van der Waals surface area contributed by atoms with Gasteiger partial charge in [0, 0.05) is 58.5 Å². The van der Waals surface area contributed by atoms with Crippen molar-refractivity contribution in [3.8, 4) is 0 Å². The van der Waals surface area contributed by atoms with Gasteiger partial charge in [-0.25, -0.2) is 4.79 Å². The van der Waals surface area contributed by atoms with Crippen LogP contribution in [0.1, 0.15) is 117 Å². The average Bonchev–Trinajstić information content (AvgIpc) is 4.02. The standard InChI is InChI=1S/C18H28N2O5S3.C17H26N2O5S3.C9H11NO5/c1-2-3-4-5-19-16(21)14-15(28-18(26)27-14)17(22)20-6-8-23-10-12-25-13-11-24-9-7-20;1-2-3-4-18-15(20)13-14(27-17(25)26-13)16(21)19-5-7-22-9-11-24-12-10-23-8-6-19;1-6(11)2-5-9(14)15-10-7(12)3-4-8(10)13/h2-13H2,1H3,(H,19,21);2-12H2,1H3,(H,18,20);2-5H2,1H3. The molecule has 0 aliphatic carbocycles. The van der Waals surface area contributed by atoms with Gasteiger partial charge in [0.2, 0.25) is 0 Å². The fraction of sp³-hybridized carbons (Fsp3) is 0.682. The van der Waals surface area contributed by atoms with Gasteiger partial charge in [-0.05, 0) is 19.8 Å². The monoisotopic (exact) mass is 1100 g/mol. The molecule has 0 spiro atoms. The highest BCUT2D eigenvalue weighted by Gasteiger charge is 2.33. The van der Waals surface area contributed by atoms with E-state index in [1.54, 1.807) is 9.80 Å². The third-order valence-corrected chi connectivity index (χ3v) is 15.1. The number of hydrogen-bond acceptors (Lipinski definition) is 21. The number of unbranched alkanes of at least 4 members (excludes halogenated alkanes) is 3. The maximum atomic E-state index is 13.1. The van der Waals surface area contributed by atoms with Crippen LogP contribution in [0.4, 0.5) is 0 Å². The average molecular weight is 1100 g/mol. The topological polar surface area (TPSA) is 235 Å². The van der Waals surface area contributed by atoms with Crippen molar-refractivity contribution in [2.24, 2.45) is 0 Å². The molecular formula is C44H65N5O15S6. The van der Waals surface area contributed by atoms with Crippen LogP contribution in [0.5, 0.6) is 0 Å². The highest BCUT2D eigenvalue weighted by Crippen LogP contribution is 2.28. The van der Waals surface area contributed by atoms with Crippen molar-refractivity contribution in [2.45, 2.75) is 78.6 Å². The lowest BCUT2D eigenvalue weighted by atomic mass is 10.2. The maximum Gasteiger partial charge on any atom is 0.333 e. The molecule has 70 heavy (non-hydrogen) atoms. The third kappa shape index (κ3) is 23.3. The van der Waals surface area contributed by atoms with Gasteiger partial charge in [-0.3, -0.25) is 28.8 Å². The summed E-state index contributed by atoms with van der Waals surface area (Å²) in [5.41, 5.74) is 0. The van der Waals surface area contributed by atoms with Gasteiger partial charge in [-0.1, -0.05) is 57.5 Å². The largest absolute Gasteiger partial charge is 0.377 e. The van der Waals surface area contributed by atoms with Crippen molar-refractivity contribution in [1.82, 2.24) is 25.5 Å². The van der Waals surface area contributed by atoms with Crippen LogP contribution in [0.15, 0.2) is 0 Å². The van der Waals surface area contributed by atoms with Crippen LogP contribution >= 0.6 is 69.8 Å². The number of carbonyl (C=O) groups is 8. The second kappa shape index (κ2) is 35.6. The number of rotatable bonds is 15. The lowest BCUT2D eigenvalue weighted by Crippen LogP contribution is -2.38. The smallest absolute Gasteiger partial charge is 0.333 e. The van der Waals surface area contributed by atoms with E-state index in [0.29, 0.717) is 149 Å². The Morgan fingerprint density at radius 1 is 0.529 bits per heavy atom. The second-order valence-corrected chi connectivity index (χ2v) is 21.8. The van der Waals surface area contributed by atoms with Gasteiger partial charge >= 0.3 is 5.97 Å². The summed E-state index contributed by atoms with van der Waals surface area (Å²) in [6.45, 7) is 14.0. The molecule has 0 radical (unpaired) electrons. The van der Waals surface area contributed by atoms with E-state index in [9.17, 15) is 38.4 Å². The number of imide groups is 1. The van der Waals surface area contributed by atoms with Crippen molar-refractivity contribution in [3.63, 3.8) is 0 Å². The van der Waals surface area contributed by atoms with Crippen molar-refractivity contribution in [1.29, 1.82) is 0 Å². The van der Waals surface area contributed by atoms with Crippen molar-refractivity contribution in [2.75, 3.05) is 119 Å². The molecule has 0 unspecified atom stereocenters. The number of nitrogens with one attached hydrogen (secondary N) is 2. The molecule has 20 nitrogen and oxygen atoms in total. The van der Waals surface area contributed by atoms with Gasteiger partial charge in [0.15, 0.2) is 0 Å². The summed E-state index contributed by atoms with van der Waals surface area (Å²) in [6, 6.07) is 0. The molecule has 0 aromatic carbocycles. The first-order valence-electron chi connectivity index (χ1n) is 23.2. The molecule has 0 bridgehead atoms. The van der Waals surface area contributed by atoms with E-state index in [1.165, 1.54) is 52.3 Å². The van der Waals surface area contributed by atoms with E-state index in [1.807, 2.05) is 0 Å². The Balaban J connectivity index is 0.000000291. The summed E-state index contributed by atoms with van der Waals surface area (Å²) < 4.78 is 33.9. The zero-order valence-electron chi connectivity index (χ0n) is 40.0. The van der Waals surface area contributed by atoms with Gasteiger partial charge < -0.3 is 58.5 Å². The van der Waals surface area contributed by atoms with Crippen molar-refractivity contribution in [3.05, 3.63) is 25.8 Å². The van der Waals surface area contributed by atoms with Gasteiger partial charge in [0.25, 0.3) is 35.4 Å². The van der Waals surface area contributed by atoms with E-state index in [4.69, 9.17) is 52.9 Å². The summed E-state index contributed by atoms with van der Waals surface area (Å²) in [6.07, 6.45) is 5.02. The molecule has 5 heterocycles. The number of carbonyl (C=O) groups excluding carboxylic acids is 8. The van der Waals surface area contributed by atoms with Crippen LogP contribution in [0.2, 0.25) is 0 Å². The minimum Gasteiger partial charge on any atom is -0.377 e. The van der Waals surface area contributed by atoms with E-state index < -0.39 is 17.8 Å². The fourth-order valence-electron chi connectivity index (χ4n) is 6.04. The summed E-state index contributed by atoms with van der Waals surface area (Å²) >= 11 is 15.3. The predicted molar refractivity (Wildman–Crippen MR) is 269 cm³/mol. The van der Waals surface area contributed by atoms with Crippen LogP contribution in [0.25, 0.3) is 0 Å². The molecule has 3 aliphatic rings. The molecule has 2 N–H and O–H groups in total. The number of Topliss-reactive ketones (excluding diaryl/α,β-unsaturated/α-hetero) is 1. The molecule has 5 rings (SSSR count). The lowest BCUT2D eigenvalue weighted by molar-refractivity contribution is -0.197. The van der Waals surface area contributed by atoms with Gasteiger partial charge in [0.1, 0.15) is 31.6 Å². The van der Waals surface area contributed by atoms with E-state index >= 15 is 0 Å². The molecule has 0 atom stereocenters. The minimum atomic E-state index is -0.742. The minimum absolute atomic E-state index is 0.0506. The lowest BCUT2D eigenvalue weighted by Gasteiger charge is -2.23. The Hall–Kier alpha value is -3.54. The Bertz CT molecular complexity index is 2070. The second-order valence-electron chi connectivity index (χ2n) is 15.3. The molecule has 2 aromatic rings. The van der Waals surface area contributed by atoms with Crippen LogP contribution in [0.3, 0.4) is 0 Å². The summed E-state index contributed by atoms with van der Waals surface area (Å²) in [7, 11) is 0. The van der Waals surface area contributed by atoms with Gasteiger partial charge in [-0.2, -0.15) is 0 Å². The normalized spacial score (nSPS) is 16.6. The zero-order valence-corrected chi connectivity index (χ0v) is 44.9.